The first-order chi connectivity index (χ1) is 7.56. The minimum Gasteiger partial charge on any atom is -0.390 e. The van der Waals surface area contributed by atoms with Crippen molar-refractivity contribution in [3.8, 4) is 0 Å². The molecule has 1 nitrogen and oxygen atoms in total. The average molecular weight is 220 g/mol. The van der Waals surface area contributed by atoms with Crippen LogP contribution in [0.15, 0.2) is 49.1 Å². The molecule has 0 radical (unpaired) electrons. The van der Waals surface area contributed by atoms with Crippen LogP contribution in [0, 0.1) is 0 Å². The molecule has 0 aliphatic rings. The fraction of sp³-hybridized carbons (Fsp3) is 0.467. The van der Waals surface area contributed by atoms with Crippen LogP contribution < -0.4 is 0 Å². The third-order valence-electron chi connectivity index (χ3n) is 2.00. The van der Waals surface area contributed by atoms with Gasteiger partial charge in [0.2, 0.25) is 0 Å². The van der Waals surface area contributed by atoms with E-state index in [4.69, 9.17) is 0 Å². The lowest BCUT2D eigenvalue weighted by molar-refractivity contribution is 0.0838. The molecule has 1 N–H and O–H groups in total. The molecule has 0 saturated heterocycles. The SMILES string of the molecule is C=CC=CCC=CCCC=CCC(C)(C)O. The zero-order chi connectivity index (χ0) is 12.3. The molecule has 0 aliphatic heterocycles. The lowest BCUT2D eigenvalue weighted by atomic mass is 10.1. The smallest absolute Gasteiger partial charge is 0.0626 e. The normalized spacial score (nSPS) is 13.2. The van der Waals surface area contributed by atoms with Crippen LogP contribution in [-0.2, 0) is 0 Å². The lowest BCUT2D eigenvalue weighted by Gasteiger charge is -2.13. The Kier molecular flexibility index (Phi) is 8.55. The van der Waals surface area contributed by atoms with Gasteiger partial charge in [0.15, 0.2) is 0 Å². The molecule has 0 spiro atoms. The topological polar surface area (TPSA) is 20.2 Å². The molecule has 0 fully saturated rings. The minimum atomic E-state index is -0.582. The molecule has 0 heterocycles. The van der Waals surface area contributed by atoms with Crippen LogP contribution in [0.25, 0.3) is 0 Å². The average Bonchev–Trinajstić information content (AvgIpc) is 2.19. The monoisotopic (exact) mass is 220 g/mol. The van der Waals surface area contributed by atoms with Gasteiger partial charge in [0.1, 0.15) is 0 Å². The summed E-state index contributed by atoms with van der Waals surface area (Å²) in [6, 6.07) is 0. The minimum absolute atomic E-state index is 0.582. The van der Waals surface area contributed by atoms with Crippen molar-refractivity contribution in [2.45, 2.75) is 45.1 Å². The van der Waals surface area contributed by atoms with Crippen LogP contribution in [-0.4, -0.2) is 10.7 Å². The van der Waals surface area contributed by atoms with Crippen LogP contribution in [0.4, 0.5) is 0 Å². The summed E-state index contributed by atoms with van der Waals surface area (Å²) in [5.74, 6) is 0. The van der Waals surface area contributed by atoms with Gasteiger partial charge in [-0.05, 0) is 39.5 Å². The van der Waals surface area contributed by atoms with E-state index in [9.17, 15) is 5.11 Å². The first-order valence-corrected chi connectivity index (χ1v) is 5.86. The van der Waals surface area contributed by atoms with Gasteiger partial charge in [-0.3, -0.25) is 0 Å². The number of hydrogen-bond acceptors (Lipinski definition) is 1. The maximum atomic E-state index is 9.46. The van der Waals surface area contributed by atoms with Gasteiger partial charge in [0.05, 0.1) is 5.60 Å². The summed E-state index contributed by atoms with van der Waals surface area (Å²) in [5, 5.41) is 9.46. The molecule has 0 atom stereocenters. The zero-order valence-corrected chi connectivity index (χ0v) is 10.5. The van der Waals surface area contributed by atoms with E-state index >= 15 is 0 Å². The summed E-state index contributed by atoms with van der Waals surface area (Å²) < 4.78 is 0. The highest BCUT2D eigenvalue weighted by Gasteiger charge is 2.08. The Morgan fingerprint density at radius 3 is 2.19 bits per heavy atom. The molecule has 1 heteroatoms. The van der Waals surface area contributed by atoms with Crippen molar-refractivity contribution < 1.29 is 5.11 Å². The van der Waals surface area contributed by atoms with Gasteiger partial charge >= 0.3 is 0 Å². The van der Waals surface area contributed by atoms with Crippen molar-refractivity contribution >= 4 is 0 Å². The molecular weight excluding hydrogens is 196 g/mol. The van der Waals surface area contributed by atoms with Crippen molar-refractivity contribution in [2.24, 2.45) is 0 Å². The van der Waals surface area contributed by atoms with Crippen molar-refractivity contribution in [3.63, 3.8) is 0 Å². The predicted octanol–water partition coefficient (Wildman–Crippen LogP) is 4.17. The van der Waals surface area contributed by atoms with Gasteiger partial charge in [-0.15, -0.1) is 0 Å². The molecule has 0 aromatic rings. The molecule has 0 aromatic heterocycles. The van der Waals surface area contributed by atoms with Crippen molar-refractivity contribution in [2.75, 3.05) is 0 Å². The largest absolute Gasteiger partial charge is 0.390 e. The van der Waals surface area contributed by atoms with E-state index < -0.39 is 5.60 Å². The molecule has 0 saturated carbocycles. The predicted molar refractivity (Wildman–Crippen MR) is 72.4 cm³/mol. The van der Waals surface area contributed by atoms with E-state index in [1.165, 1.54) is 0 Å². The molecule has 0 bridgehead atoms. The molecule has 0 aliphatic carbocycles. The van der Waals surface area contributed by atoms with Gasteiger partial charge in [0, 0.05) is 0 Å². The van der Waals surface area contributed by atoms with E-state index in [0.717, 1.165) is 25.7 Å². The van der Waals surface area contributed by atoms with Crippen LogP contribution >= 0.6 is 0 Å². The maximum Gasteiger partial charge on any atom is 0.0626 e. The van der Waals surface area contributed by atoms with Gasteiger partial charge in [-0.1, -0.05) is 49.1 Å². The second-order valence-electron chi connectivity index (χ2n) is 4.44. The van der Waals surface area contributed by atoms with Gasteiger partial charge in [-0.2, -0.15) is 0 Å². The second kappa shape index (κ2) is 9.17. The number of rotatable bonds is 8. The van der Waals surface area contributed by atoms with Crippen molar-refractivity contribution in [1.82, 2.24) is 0 Å². The summed E-state index contributed by atoms with van der Waals surface area (Å²) in [7, 11) is 0. The van der Waals surface area contributed by atoms with Crippen LogP contribution in [0.5, 0.6) is 0 Å². The number of unbranched alkanes of at least 4 members (excludes halogenated alkanes) is 1. The second-order valence-corrected chi connectivity index (χ2v) is 4.44. The van der Waals surface area contributed by atoms with Gasteiger partial charge in [0.25, 0.3) is 0 Å². The lowest BCUT2D eigenvalue weighted by Crippen LogP contribution is -2.16. The highest BCUT2D eigenvalue weighted by molar-refractivity contribution is 5.01. The summed E-state index contributed by atoms with van der Waals surface area (Å²) >= 11 is 0. The third kappa shape index (κ3) is 12.9. The summed E-state index contributed by atoms with van der Waals surface area (Å²) in [6.07, 6.45) is 18.1. The van der Waals surface area contributed by atoms with E-state index in [-0.39, 0.29) is 0 Å². The quantitative estimate of drug-likeness (QED) is 0.370. The standard InChI is InChI=1S/C15H24O/c1-4-5-6-7-8-9-10-11-12-13-14-15(2,3)16/h4-6,8-9,12-13,16H,1,7,10-11,14H2,2-3H3. The molecule has 0 rings (SSSR count). The van der Waals surface area contributed by atoms with E-state index in [0.29, 0.717) is 0 Å². The number of aliphatic hydroxyl groups is 1. The molecule has 0 amide bonds. The maximum absolute atomic E-state index is 9.46. The highest BCUT2D eigenvalue weighted by Crippen LogP contribution is 2.08. The van der Waals surface area contributed by atoms with Gasteiger partial charge < -0.3 is 5.11 Å². The number of allylic oxidation sites excluding steroid dienone is 6. The van der Waals surface area contributed by atoms with Crippen molar-refractivity contribution in [3.05, 3.63) is 49.1 Å². The Morgan fingerprint density at radius 2 is 1.62 bits per heavy atom. The van der Waals surface area contributed by atoms with Gasteiger partial charge in [-0.25, -0.2) is 0 Å². The summed E-state index contributed by atoms with van der Waals surface area (Å²) in [6.45, 7) is 7.25. The molecule has 90 valence electrons. The Morgan fingerprint density at radius 1 is 1.00 bits per heavy atom. The highest BCUT2D eigenvalue weighted by atomic mass is 16.3. The third-order valence-corrected chi connectivity index (χ3v) is 2.00. The fourth-order valence-corrected chi connectivity index (χ4v) is 1.15. The molecule has 16 heavy (non-hydrogen) atoms. The molecular formula is C15H24O. The Hall–Kier alpha value is -1.08. The Bertz CT molecular complexity index is 251. The van der Waals surface area contributed by atoms with E-state index in [2.05, 4.69) is 30.9 Å². The van der Waals surface area contributed by atoms with E-state index in [1.807, 2.05) is 26.0 Å². The fourth-order valence-electron chi connectivity index (χ4n) is 1.15. The van der Waals surface area contributed by atoms with E-state index in [1.54, 1.807) is 6.08 Å². The first-order valence-electron chi connectivity index (χ1n) is 5.86. The number of hydrogen-bond donors (Lipinski definition) is 1. The Balaban J connectivity index is 3.45. The van der Waals surface area contributed by atoms with Crippen LogP contribution in [0.1, 0.15) is 39.5 Å². The zero-order valence-electron chi connectivity index (χ0n) is 10.5. The molecule has 0 unspecified atom stereocenters. The van der Waals surface area contributed by atoms with Crippen LogP contribution in [0.3, 0.4) is 0 Å². The van der Waals surface area contributed by atoms with Crippen molar-refractivity contribution in [1.29, 1.82) is 0 Å². The summed E-state index contributed by atoms with van der Waals surface area (Å²) in [4.78, 5) is 0. The first kappa shape index (κ1) is 14.9. The Labute approximate surface area is 99.9 Å². The molecule has 0 aromatic carbocycles. The van der Waals surface area contributed by atoms with Crippen LogP contribution in [0.2, 0.25) is 0 Å². The summed E-state index contributed by atoms with van der Waals surface area (Å²) in [5.41, 5.74) is -0.582.